The summed E-state index contributed by atoms with van der Waals surface area (Å²) in [5, 5.41) is 14.8. The molecule has 0 aliphatic carbocycles. The van der Waals surface area contributed by atoms with Crippen LogP contribution in [-0.2, 0) is 4.43 Å². The monoisotopic (exact) mass is 352 g/mol. The van der Waals surface area contributed by atoms with E-state index in [1.165, 1.54) is 0 Å². The zero-order valence-corrected chi connectivity index (χ0v) is 17.1. The van der Waals surface area contributed by atoms with E-state index in [1.807, 2.05) is 26.0 Å². The summed E-state index contributed by atoms with van der Waals surface area (Å²) in [5.74, 6) is 0.0880. The summed E-state index contributed by atoms with van der Waals surface area (Å²) in [6.45, 7) is 15.6. The van der Waals surface area contributed by atoms with E-state index < -0.39 is 13.9 Å². The molecule has 1 aliphatic rings. The largest absolute Gasteiger partial charge is 0.413 e. The van der Waals surface area contributed by atoms with Gasteiger partial charge in [0.1, 0.15) is 5.54 Å². The first kappa shape index (κ1) is 20.6. The first-order valence-electron chi connectivity index (χ1n) is 8.52. The molecule has 136 valence electrons. The maximum absolute atomic E-state index is 11.4. The van der Waals surface area contributed by atoms with E-state index >= 15 is 0 Å². The normalized spacial score (nSPS) is 21.9. The van der Waals surface area contributed by atoms with E-state index in [1.54, 1.807) is 18.4 Å². The SMILES string of the molecule is CC(C)C1(CC=CCO[Si](C)(C)C(C)(C)C)NC=CC=C1[N+](=O)[O-]. The minimum absolute atomic E-state index is 0.0880. The summed E-state index contributed by atoms with van der Waals surface area (Å²) in [4.78, 5) is 11.1. The molecule has 1 unspecified atom stereocenters. The molecule has 0 bridgehead atoms. The van der Waals surface area contributed by atoms with Crippen molar-refractivity contribution >= 4 is 8.32 Å². The molecule has 0 spiro atoms. The van der Waals surface area contributed by atoms with Crippen molar-refractivity contribution in [2.75, 3.05) is 6.61 Å². The van der Waals surface area contributed by atoms with Crippen molar-refractivity contribution in [3.63, 3.8) is 0 Å². The molecular formula is C18H32N2O3Si. The molecular weight excluding hydrogens is 320 g/mol. The van der Waals surface area contributed by atoms with Gasteiger partial charge in [-0.3, -0.25) is 10.1 Å². The zero-order chi connectivity index (χ0) is 18.6. The molecule has 6 heteroatoms. The van der Waals surface area contributed by atoms with Gasteiger partial charge in [-0.2, -0.15) is 0 Å². The number of nitrogens with one attached hydrogen (secondary N) is 1. The second-order valence-electron chi connectivity index (χ2n) is 8.19. The zero-order valence-electron chi connectivity index (χ0n) is 16.1. The lowest BCUT2D eigenvalue weighted by Crippen LogP contribution is -2.51. The molecule has 0 fully saturated rings. The molecule has 1 heterocycles. The average molecular weight is 353 g/mol. The molecule has 1 atom stereocenters. The number of hydrogen-bond donors (Lipinski definition) is 1. The van der Waals surface area contributed by atoms with Crippen molar-refractivity contribution in [1.82, 2.24) is 5.32 Å². The fourth-order valence-electron chi connectivity index (χ4n) is 2.45. The first-order chi connectivity index (χ1) is 10.9. The number of rotatable bonds is 7. The number of dihydropyridines is 1. The summed E-state index contributed by atoms with van der Waals surface area (Å²) in [6, 6.07) is 0. The lowest BCUT2D eigenvalue weighted by molar-refractivity contribution is -0.437. The summed E-state index contributed by atoms with van der Waals surface area (Å²) in [6.07, 6.45) is 9.61. The second-order valence-corrected chi connectivity index (χ2v) is 13.0. The number of nitro groups is 1. The van der Waals surface area contributed by atoms with Crippen LogP contribution < -0.4 is 5.32 Å². The van der Waals surface area contributed by atoms with Gasteiger partial charge in [0.25, 0.3) is 5.70 Å². The van der Waals surface area contributed by atoms with Crippen LogP contribution in [0.4, 0.5) is 0 Å². The third kappa shape index (κ3) is 4.57. The van der Waals surface area contributed by atoms with Crippen LogP contribution in [-0.4, -0.2) is 25.4 Å². The maximum atomic E-state index is 11.4. The van der Waals surface area contributed by atoms with E-state index in [0.29, 0.717) is 13.0 Å². The maximum Gasteiger partial charge on any atom is 0.271 e. The quantitative estimate of drug-likeness (QED) is 0.314. The van der Waals surface area contributed by atoms with Crippen LogP contribution in [0.5, 0.6) is 0 Å². The summed E-state index contributed by atoms with van der Waals surface area (Å²) in [7, 11) is -1.76. The van der Waals surface area contributed by atoms with Crippen LogP contribution >= 0.6 is 0 Å². The molecule has 24 heavy (non-hydrogen) atoms. The van der Waals surface area contributed by atoms with Gasteiger partial charge < -0.3 is 9.74 Å². The van der Waals surface area contributed by atoms with E-state index in [2.05, 4.69) is 39.2 Å². The van der Waals surface area contributed by atoms with Gasteiger partial charge in [0.15, 0.2) is 8.32 Å². The Hall–Kier alpha value is -1.40. The predicted molar refractivity (Wildman–Crippen MR) is 102 cm³/mol. The Bertz CT molecular complexity index is 545. The van der Waals surface area contributed by atoms with Crippen molar-refractivity contribution in [3.8, 4) is 0 Å². The van der Waals surface area contributed by atoms with E-state index in [0.717, 1.165) is 0 Å². The number of hydrogen-bond acceptors (Lipinski definition) is 4. The van der Waals surface area contributed by atoms with Crippen LogP contribution in [0.25, 0.3) is 0 Å². The Balaban J connectivity index is 2.77. The van der Waals surface area contributed by atoms with Gasteiger partial charge in [0.2, 0.25) is 0 Å². The minimum Gasteiger partial charge on any atom is -0.413 e. The highest BCUT2D eigenvalue weighted by molar-refractivity contribution is 6.74. The van der Waals surface area contributed by atoms with Crippen LogP contribution in [0.15, 0.2) is 36.2 Å². The molecule has 5 nitrogen and oxygen atoms in total. The molecule has 1 aliphatic heterocycles. The summed E-state index contributed by atoms with van der Waals surface area (Å²) in [5.41, 5.74) is -0.457. The molecule has 0 saturated carbocycles. The lowest BCUT2D eigenvalue weighted by Gasteiger charge is -2.36. The van der Waals surface area contributed by atoms with Crippen molar-refractivity contribution < 1.29 is 9.35 Å². The van der Waals surface area contributed by atoms with Crippen LogP contribution in [0.1, 0.15) is 41.0 Å². The summed E-state index contributed by atoms with van der Waals surface area (Å²) < 4.78 is 6.12. The molecule has 1 rings (SSSR count). The molecule has 0 aromatic rings. The molecule has 0 aromatic carbocycles. The molecule has 1 N–H and O–H groups in total. The van der Waals surface area contributed by atoms with Gasteiger partial charge in [0, 0.05) is 6.08 Å². The third-order valence-electron chi connectivity index (χ3n) is 5.28. The van der Waals surface area contributed by atoms with Gasteiger partial charge in [-0.05, 0) is 42.7 Å². The van der Waals surface area contributed by atoms with E-state index in [9.17, 15) is 10.1 Å². The van der Waals surface area contributed by atoms with Gasteiger partial charge in [-0.15, -0.1) is 0 Å². The minimum atomic E-state index is -1.76. The Morgan fingerprint density at radius 2 is 2.00 bits per heavy atom. The van der Waals surface area contributed by atoms with Gasteiger partial charge >= 0.3 is 0 Å². The van der Waals surface area contributed by atoms with Gasteiger partial charge in [-0.25, -0.2) is 0 Å². The Kier molecular flexibility index (Phi) is 6.58. The second kappa shape index (κ2) is 7.65. The molecule has 0 saturated heterocycles. The van der Waals surface area contributed by atoms with Crippen LogP contribution in [0.3, 0.4) is 0 Å². The van der Waals surface area contributed by atoms with Crippen LogP contribution in [0, 0.1) is 16.0 Å². The van der Waals surface area contributed by atoms with E-state index in [-0.39, 0.29) is 21.6 Å². The van der Waals surface area contributed by atoms with E-state index in [4.69, 9.17) is 4.43 Å². The fraction of sp³-hybridized carbons (Fsp3) is 0.667. The third-order valence-corrected chi connectivity index (χ3v) is 9.78. The molecule has 0 aromatic heterocycles. The highest BCUT2D eigenvalue weighted by Gasteiger charge is 2.44. The fourth-order valence-corrected chi connectivity index (χ4v) is 3.40. The van der Waals surface area contributed by atoms with Gasteiger partial charge in [0.05, 0.1) is 11.5 Å². The Labute approximate surface area is 147 Å². The molecule has 0 amide bonds. The van der Waals surface area contributed by atoms with Crippen molar-refractivity contribution in [2.45, 2.75) is 64.7 Å². The average Bonchev–Trinajstić information content (AvgIpc) is 2.45. The standard InChI is InChI=1S/C18H32N2O3Si/c1-15(2)18(16(20(21)22)11-10-13-19-18)12-8-9-14-23-24(6,7)17(3,4)5/h8-11,13,15,19H,12,14H2,1-7H3. The first-order valence-corrected chi connectivity index (χ1v) is 11.4. The van der Waals surface area contributed by atoms with Gasteiger partial charge in [-0.1, -0.05) is 46.8 Å². The molecule has 0 radical (unpaired) electrons. The highest BCUT2D eigenvalue weighted by Crippen LogP contribution is 2.36. The Morgan fingerprint density at radius 3 is 2.50 bits per heavy atom. The highest BCUT2D eigenvalue weighted by atomic mass is 28.4. The van der Waals surface area contributed by atoms with Crippen molar-refractivity contribution in [1.29, 1.82) is 0 Å². The number of nitrogens with zero attached hydrogens (tertiary/aromatic N) is 1. The summed E-state index contributed by atoms with van der Waals surface area (Å²) >= 11 is 0. The smallest absolute Gasteiger partial charge is 0.271 e. The van der Waals surface area contributed by atoms with Crippen LogP contribution in [0.2, 0.25) is 18.1 Å². The Morgan fingerprint density at radius 1 is 1.38 bits per heavy atom. The number of allylic oxidation sites excluding steroid dienone is 2. The van der Waals surface area contributed by atoms with Crippen molar-refractivity contribution in [3.05, 3.63) is 46.3 Å². The lowest BCUT2D eigenvalue weighted by atomic mass is 9.79. The van der Waals surface area contributed by atoms with Crippen molar-refractivity contribution in [2.24, 2.45) is 5.92 Å². The predicted octanol–water partition coefficient (Wildman–Crippen LogP) is 4.63. The topological polar surface area (TPSA) is 64.4 Å².